The molecule has 1 rings (SSSR count). The summed E-state index contributed by atoms with van der Waals surface area (Å²) in [5.74, 6) is 0. The molecule has 1 aromatic rings. The molecule has 1 unspecified atom stereocenters. The van der Waals surface area contributed by atoms with E-state index in [0.717, 1.165) is 12.8 Å². The van der Waals surface area contributed by atoms with Crippen molar-refractivity contribution in [3.05, 3.63) is 47.0 Å². The van der Waals surface area contributed by atoms with Crippen LogP contribution >= 0.6 is 0 Å². The lowest BCUT2D eigenvalue weighted by atomic mass is 10.0. The Morgan fingerprint density at radius 1 is 1.16 bits per heavy atom. The predicted molar refractivity (Wildman–Crippen MR) is 82.8 cm³/mol. The first kappa shape index (κ1) is 15.4. The van der Waals surface area contributed by atoms with E-state index in [4.69, 9.17) is 0 Å². The van der Waals surface area contributed by atoms with Gasteiger partial charge in [0.05, 0.1) is 18.6 Å². The zero-order chi connectivity index (χ0) is 14.1. The van der Waals surface area contributed by atoms with Crippen molar-refractivity contribution in [1.82, 2.24) is 0 Å². The molecule has 1 aromatic carbocycles. The molecular weight excluding hydrogens is 232 g/mol. The smallest absolute Gasteiger partial charge is 0.0902 e. The number of aliphatic imine (C=N–C) groups is 2. The summed E-state index contributed by atoms with van der Waals surface area (Å²) in [6.45, 7) is 9.25. The summed E-state index contributed by atoms with van der Waals surface area (Å²) in [6.07, 6.45) is 2.18. The van der Waals surface area contributed by atoms with Crippen LogP contribution in [0, 0.1) is 0 Å². The molecule has 0 saturated carbocycles. The van der Waals surface area contributed by atoms with Crippen molar-refractivity contribution in [3.63, 3.8) is 0 Å². The highest BCUT2D eigenvalue weighted by Crippen LogP contribution is 2.15. The Balaban J connectivity index is 2.68. The zero-order valence-corrected chi connectivity index (χ0v) is 12.5. The number of allylic oxidation sites excluding steroid dienone is 1. The molecule has 0 aliphatic rings. The van der Waals surface area contributed by atoms with E-state index < -0.39 is 0 Å². The van der Waals surface area contributed by atoms with Crippen molar-refractivity contribution < 1.29 is 0 Å². The van der Waals surface area contributed by atoms with Crippen molar-refractivity contribution in [1.29, 1.82) is 0 Å². The molecule has 1 atom stereocenters. The van der Waals surface area contributed by atoms with Crippen LogP contribution < -0.4 is 0 Å². The standard InChI is InChI=1S/C17H24N2/c1-5-9-17(15(4)14(2)3)19-13-18-12-16-10-7-6-8-11-16/h6-8,10-11,17H,5,9,12H2,1-4H3. The Labute approximate surface area is 117 Å². The number of nitrogens with zero attached hydrogens (tertiary/aromatic N) is 2. The Bertz CT molecular complexity index is 461. The molecule has 0 aliphatic heterocycles. The maximum atomic E-state index is 4.48. The highest BCUT2D eigenvalue weighted by molar-refractivity contribution is 5.43. The molecule has 0 amide bonds. The average Bonchev–Trinajstić information content (AvgIpc) is 2.42. The van der Waals surface area contributed by atoms with E-state index in [9.17, 15) is 0 Å². The van der Waals surface area contributed by atoms with Gasteiger partial charge in [-0.25, -0.2) is 9.98 Å². The minimum atomic E-state index is 0.231. The van der Waals surface area contributed by atoms with Gasteiger partial charge in [-0.3, -0.25) is 0 Å². The molecule has 0 bridgehead atoms. The fourth-order valence-corrected chi connectivity index (χ4v) is 1.81. The minimum absolute atomic E-state index is 0.231. The molecule has 102 valence electrons. The molecule has 0 aliphatic carbocycles. The van der Waals surface area contributed by atoms with Crippen LogP contribution in [-0.4, -0.2) is 12.1 Å². The molecule has 0 aromatic heterocycles. The second-order valence-corrected chi connectivity index (χ2v) is 5.02. The van der Waals surface area contributed by atoms with E-state index in [-0.39, 0.29) is 6.04 Å². The van der Waals surface area contributed by atoms with Crippen LogP contribution in [0.15, 0.2) is 51.5 Å². The molecule has 0 heterocycles. The molecule has 2 heteroatoms. The Morgan fingerprint density at radius 3 is 2.42 bits per heavy atom. The first-order valence-corrected chi connectivity index (χ1v) is 6.94. The zero-order valence-electron chi connectivity index (χ0n) is 12.5. The highest BCUT2D eigenvalue weighted by atomic mass is 14.8. The van der Waals surface area contributed by atoms with Gasteiger partial charge in [-0.1, -0.05) is 49.2 Å². The molecular formula is C17H24N2. The topological polar surface area (TPSA) is 24.7 Å². The van der Waals surface area contributed by atoms with Gasteiger partial charge in [0, 0.05) is 0 Å². The fraction of sp³-hybridized carbons (Fsp3) is 0.471. The Morgan fingerprint density at radius 2 is 1.84 bits per heavy atom. The number of hydrogen-bond donors (Lipinski definition) is 0. The third-order valence-corrected chi connectivity index (χ3v) is 3.24. The number of hydrogen-bond acceptors (Lipinski definition) is 2. The largest absolute Gasteiger partial charge is 0.221 e. The summed E-state index contributed by atoms with van der Waals surface area (Å²) in [5, 5.41) is 0. The van der Waals surface area contributed by atoms with Crippen LogP contribution in [0.4, 0.5) is 0 Å². The van der Waals surface area contributed by atoms with Crippen LogP contribution in [0.5, 0.6) is 0 Å². The molecule has 0 fully saturated rings. The van der Waals surface area contributed by atoms with Crippen molar-refractivity contribution >= 4 is 6.01 Å². The molecule has 19 heavy (non-hydrogen) atoms. The maximum Gasteiger partial charge on any atom is 0.0902 e. The van der Waals surface area contributed by atoms with Crippen molar-refractivity contribution in [3.8, 4) is 0 Å². The second-order valence-electron chi connectivity index (χ2n) is 5.02. The predicted octanol–water partition coefficient (Wildman–Crippen LogP) is 4.89. The third kappa shape index (κ3) is 5.67. The highest BCUT2D eigenvalue weighted by Gasteiger charge is 2.08. The first-order valence-electron chi connectivity index (χ1n) is 6.94. The van der Waals surface area contributed by atoms with E-state index in [1.54, 1.807) is 0 Å². The molecule has 0 spiro atoms. The van der Waals surface area contributed by atoms with Crippen molar-refractivity contribution in [2.45, 2.75) is 53.1 Å². The normalized spacial score (nSPS) is 11.4. The lowest BCUT2D eigenvalue weighted by molar-refractivity contribution is 0.672. The van der Waals surface area contributed by atoms with Gasteiger partial charge in [0.2, 0.25) is 0 Å². The lowest BCUT2D eigenvalue weighted by Crippen LogP contribution is -2.06. The number of rotatable bonds is 6. The van der Waals surface area contributed by atoms with Gasteiger partial charge >= 0.3 is 0 Å². The van der Waals surface area contributed by atoms with Gasteiger partial charge < -0.3 is 0 Å². The summed E-state index contributed by atoms with van der Waals surface area (Å²) >= 11 is 0. The second kappa shape index (κ2) is 8.44. The third-order valence-electron chi connectivity index (χ3n) is 3.24. The van der Waals surface area contributed by atoms with Crippen LogP contribution in [0.2, 0.25) is 0 Å². The van der Waals surface area contributed by atoms with Crippen LogP contribution in [0.25, 0.3) is 0 Å². The summed E-state index contributed by atoms with van der Waals surface area (Å²) in [6, 6.07) is 13.3. The van der Waals surface area contributed by atoms with E-state index in [2.05, 4.69) is 55.8 Å². The van der Waals surface area contributed by atoms with E-state index in [0.29, 0.717) is 6.54 Å². The van der Waals surface area contributed by atoms with Gasteiger partial charge in [0.1, 0.15) is 0 Å². The van der Waals surface area contributed by atoms with E-state index in [1.165, 1.54) is 16.7 Å². The Hall–Kier alpha value is -1.66. The van der Waals surface area contributed by atoms with Gasteiger partial charge in [-0.2, -0.15) is 0 Å². The molecule has 0 saturated heterocycles. The summed E-state index contributed by atoms with van der Waals surface area (Å²) < 4.78 is 0. The average molecular weight is 256 g/mol. The molecule has 2 nitrogen and oxygen atoms in total. The van der Waals surface area contributed by atoms with Gasteiger partial charge in [0.15, 0.2) is 0 Å². The van der Waals surface area contributed by atoms with Crippen LogP contribution in [0.3, 0.4) is 0 Å². The Kier molecular flexibility index (Phi) is 6.84. The molecule has 0 radical (unpaired) electrons. The fourth-order valence-electron chi connectivity index (χ4n) is 1.81. The van der Waals surface area contributed by atoms with Crippen molar-refractivity contribution in [2.75, 3.05) is 0 Å². The molecule has 0 N–H and O–H groups in total. The van der Waals surface area contributed by atoms with Crippen molar-refractivity contribution in [2.24, 2.45) is 9.98 Å². The van der Waals surface area contributed by atoms with Crippen LogP contribution in [-0.2, 0) is 6.54 Å². The monoisotopic (exact) mass is 256 g/mol. The quantitative estimate of drug-likeness (QED) is 0.511. The van der Waals surface area contributed by atoms with Crippen LogP contribution in [0.1, 0.15) is 46.1 Å². The summed E-state index contributed by atoms with van der Waals surface area (Å²) in [5.41, 5.74) is 3.87. The maximum absolute atomic E-state index is 4.48. The van der Waals surface area contributed by atoms with Gasteiger partial charge in [-0.05, 0) is 38.3 Å². The summed E-state index contributed by atoms with van der Waals surface area (Å²) in [7, 11) is 0. The van der Waals surface area contributed by atoms with E-state index >= 15 is 0 Å². The first-order chi connectivity index (χ1) is 9.15. The van der Waals surface area contributed by atoms with Gasteiger partial charge in [0.25, 0.3) is 0 Å². The SMILES string of the molecule is CCCC(N=C=NCc1ccccc1)C(C)=C(C)C. The van der Waals surface area contributed by atoms with Gasteiger partial charge in [-0.15, -0.1) is 0 Å². The minimum Gasteiger partial charge on any atom is -0.221 e. The summed E-state index contributed by atoms with van der Waals surface area (Å²) in [4.78, 5) is 8.74. The lowest BCUT2D eigenvalue weighted by Gasteiger charge is -2.12. The number of benzene rings is 1. The van der Waals surface area contributed by atoms with E-state index in [1.807, 2.05) is 18.2 Å².